The number of amides is 2. The molecule has 1 aliphatic rings. The van der Waals surface area contributed by atoms with Crippen molar-refractivity contribution in [2.45, 2.75) is 12.8 Å². The predicted molar refractivity (Wildman–Crippen MR) is 86.6 cm³/mol. The number of carbonyl (C=O) groups excluding carboxylic acids is 2. The molecular weight excluding hydrogens is 312 g/mol. The summed E-state index contributed by atoms with van der Waals surface area (Å²) < 4.78 is 0. The van der Waals surface area contributed by atoms with Crippen molar-refractivity contribution < 1.29 is 9.59 Å². The van der Waals surface area contributed by atoms with Gasteiger partial charge < -0.3 is 10.6 Å². The third-order valence-corrected chi connectivity index (χ3v) is 4.63. The van der Waals surface area contributed by atoms with Gasteiger partial charge in [-0.15, -0.1) is 0 Å². The average molecular weight is 326 g/mol. The molecule has 1 unspecified atom stereocenters. The second-order valence-electron chi connectivity index (χ2n) is 5.25. The molecule has 0 bridgehead atoms. The highest BCUT2D eigenvalue weighted by Gasteiger charge is 2.25. The van der Waals surface area contributed by atoms with Crippen molar-refractivity contribution in [1.29, 1.82) is 5.26 Å². The fourth-order valence-corrected chi connectivity index (χ4v) is 3.16. The molecule has 1 saturated heterocycles. The van der Waals surface area contributed by atoms with Gasteiger partial charge in [-0.3, -0.25) is 9.59 Å². The van der Waals surface area contributed by atoms with Crippen molar-refractivity contribution in [1.82, 2.24) is 10.3 Å². The zero-order chi connectivity index (χ0) is 16.2. The van der Waals surface area contributed by atoms with Crippen LogP contribution in [-0.4, -0.2) is 23.3 Å². The Hall–Kier alpha value is -2.72. The van der Waals surface area contributed by atoms with Gasteiger partial charge >= 0.3 is 0 Å². The highest BCUT2D eigenvalue weighted by molar-refractivity contribution is 7.19. The summed E-state index contributed by atoms with van der Waals surface area (Å²) in [5, 5.41) is 14.8. The highest BCUT2D eigenvalue weighted by atomic mass is 32.1. The number of thiazole rings is 1. The van der Waals surface area contributed by atoms with Gasteiger partial charge in [0.05, 0.1) is 22.4 Å². The summed E-state index contributed by atoms with van der Waals surface area (Å²) in [5.41, 5.74) is 1.55. The first-order valence-electron chi connectivity index (χ1n) is 7.19. The first-order valence-corrected chi connectivity index (χ1v) is 8.01. The lowest BCUT2D eigenvalue weighted by molar-refractivity contribution is -0.126. The smallest absolute Gasteiger partial charge is 0.231 e. The van der Waals surface area contributed by atoms with Crippen LogP contribution in [0.4, 0.5) is 5.13 Å². The van der Waals surface area contributed by atoms with Crippen LogP contribution in [0.1, 0.15) is 18.4 Å². The molecule has 0 saturated carbocycles. The van der Waals surface area contributed by atoms with Crippen LogP contribution in [-0.2, 0) is 9.59 Å². The van der Waals surface area contributed by atoms with Gasteiger partial charge in [-0.2, -0.15) is 5.26 Å². The van der Waals surface area contributed by atoms with E-state index in [-0.39, 0.29) is 17.7 Å². The number of nitrogens with zero attached hydrogens (tertiary/aromatic N) is 2. The van der Waals surface area contributed by atoms with Gasteiger partial charge in [0.15, 0.2) is 5.13 Å². The number of benzene rings is 1. The molecule has 1 aromatic carbocycles. The third-order valence-electron chi connectivity index (χ3n) is 3.67. The summed E-state index contributed by atoms with van der Waals surface area (Å²) in [7, 11) is 0. The Labute approximate surface area is 137 Å². The quantitative estimate of drug-likeness (QED) is 0.903. The standard InChI is InChI=1S/C16H14N4O2S/c17-7-10-1-3-11(4-2-10)13-9-19-16(23-13)20-15(22)12-5-6-14(21)18-8-12/h1-4,9,12H,5-6,8H2,(H,18,21)(H,19,20,22). The summed E-state index contributed by atoms with van der Waals surface area (Å²) in [6, 6.07) is 9.28. The molecule has 2 N–H and O–H groups in total. The molecule has 1 aromatic heterocycles. The van der Waals surface area contributed by atoms with Crippen LogP contribution in [0.25, 0.3) is 10.4 Å². The fraction of sp³-hybridized carbons (Fsp3) is 0.250. The van der Waals surface area contributed by atoms with E-state index in [4.69, 9.17) is 5.26 Å². The Kier molecular flexibility index (Phi) is 4.35. The average Bonchev–Trinajstić information content (AvgIpc) is 3.04. The maximum Gasteiger partial charge on any atom is 0.231 e. The largest absolute Gasteiger partial charge is 0.355 e. The van der Waals surface area contributed by atoms with Gasteiger partial charge in [0.25, 0.3) is 0 Å². The van der Waals surface area contributed by atoms with Gasteiger partial charge in [0.1, 0.15) is 0 Å². The minimum atomic E-state index is -0.213. The summed E-state index contributed by atoms with van der Waals surface area (Å²) in [4.78, 5) is 28.4. The van der Waals surface area contributed by atoms with Gasteiger partial charge in [-0.1, -0.05) is 23.5 Å². The van der Waals surface area contributed by atoms with Crippen molar-refractivity contribution in [3.63, 3.8) is 0 Å². The maximum absolute atomic E-state index is 12.2. The molecule has 0 aliphatic carbocycles. The number of aromatic nitrogens is 1. The number of hydrogen-bond donors (Lipinski definition) is 2. The molecular formula is C16H14N4O2S. The number of rotatable bonds is 3. The van der Waals surface area contributed by atoms with Crippen molar-refractivity contribution in [3.8, 4) is 16.5 Å². The zero-order valence-corrected chi connectivity index (χ0v) is 13.0. The zero-order valence-electron chi connectivity index (χ0n) is 12.2. The van der Waals surface area contributed by atoms with Gasteiger partial charge in [0, 0.05) is 19.2 Å². The third kappa shape index (κ3) is 3.55. The normalized spacial score (nSPS) is 17.2. The lowest BCUT2D eigenvalue weighted by atomic mass is 9.98. The van der Waals surface area contributed by atoms with E-state index in [0.29, 0.717) is 30.1 Å². The minimum absolute atomic E-state index is 0.00796. The van der Waals surface area contributed by atoms with E-state index in [1.165, 1.54) is 11.3 Å². The van der Waals surface area contributed by atoms with Crippen LogP contribution < -0.4 is 10.6 Å². The number of nitrogens with one attached hydrogen (secondary N) is 2. The van der Waals surface area contributed by atoms with Crippen LogP contribution in [0.3, 0.4) is 0 Å². The SMILES string of the molecule is N#Cc1ccc(-c2cnc(NC(=O)C3CCC(=O)NC3)s2)cc1. The number of anilines is 1. The lowest BCUT2D eigenvalue weighted by Gasteiger charge is -2.20. The predicted octanol–water partition coefficient (Wildman–Crippen LogP) is 2.15. The lowest BCUT2D eigenvalue weighted by Crippen LogP contribution is -2.40. The molecule has 2 heterocycles. The first kappa shape index (κ1) is 15.2. The molecule has 1 aliphatic heterocycles. The first-order chi connectivity index (χ1) is 11.2. The molecule has 2 amide bonds. The Morgan fingerprint density at radius 2 is 2.17 bits per heavy atom. The molecule has 3 rings (SSSR count). The number of carbonyl (C=O) groups is 2. The van der Waals surface area contributed by atoms with Crippen molar-refractivity contribution in [2.75, 3.05) is 11.9 Å². The molecule has 23 heavy (non-hydrogen) atoms. The molecule has 0 spiro atoms. The Morgan fingerprint density at radius 1 is 1.39 bits per heavy atom. The van der Waals surface area contributed by atoms with Gasteiger partial charge in [-0.25, -0.2) is 4.98 Å². The Balaban J connectivity index is 1.66. The highest BCUT2D eigenvalue weighted by Crippen LogP contribution is 2.29. The fourth-order valence-electron chi connectivity index (χ4n) is 2.34. The monoisotopic (exact) mass is 326 g/mol. The summed E-state index contributed by atoms with van der Waals surface area (Å²) in [6.07, 6.45) is 2.64. The molecule has 6 nitrogen and oxygen atoms in total. The second-order valence-corrected chi connectivity index (χ2v) is 6.28. The molecule has 1 fully saturated rings. The topological polar surface area (TPSA) is 94.9 Å². The summed E-state index contributed by atoms with van der Waals surface area (Å²) in [5.74, 6) is -0.341. The van der Waals surface area contributed by atoms with E-state index in [9.17, 15) is 9.59 Å². The van der Waals surface area contributed by atoms with Gasteiger partial charge in [0.2, 0.25) is 11.8 Å². The van der Waals surface area contributed by atoms with Crippen molar-refractivity contribution in [2.24, 2.45) is 5.92 Å². The molecule has 0 radical (unpaired) electrons. The molecule has 116 valence electrons. The van der Waals surface area contributed by atoms with Crippen LogP contribution in [0.15, 0.2) is 30.5 Å². The molecule has 1 atom stereocenters. The van der Waals surface area contributed by atoms with Gasteiger partial charge in [-0.05, 0) is 24.1 Å². The number of hydrogen-bond acceptors (Lipinski definition) is 5. The molecule has 2 aromatic rings. The second kappa shape index (κ2) is 6.58. The summed E-state index contributed by atoms with van der Waals surface area (Å²) in [6.45, 7) is 0.374. The Morgan fingerprint density at radius 3 is 2.83 bits per heavy atom. The number of piperidine rings is 1. The van der Waals surface area contributed by atoms with E-state index >= 15 is 0 Å². The van der Waals surface area contributed by atoms with Crippen LogP contribution >= 0.6 is 11.3 Å². The summed E-state index contributed by atoms with van der Waals surface area (Å²) >= 11 is 1.38. The Bertz CT molecular complexity index is 766. The van der Waals surface area contributed by atoms with E-state index in [0.717, 1.165) is 10.4 Å². The van der Waals surface area contributed by atoms with E-state index in [1.807, 2.05) is 12.1 Å². The van der Waals surface area contributed by atoms with E-state index in [2.05, 4.69) is 21.7 Å². The van der Waals surface area contributed by atoms with Crippen molar-refractivity contribution >= 4 is 28.3 Å². The number of nitriles is 1. The van der Waals surface area contributed by atoms with Crippen LogP contribution in [0.2, 0.25) is 0 Å². The minimum Gasteiger partial charge on any atom is -0.355 e. The maximum atomic E-state index is 12.2. The van der Waals surface area contributed by atoms with Crippen LogP contribution in [0, 0.1) is 17.2 Å². The van der Waals surface area contributed by atoms with E-state index in [1.54, 1.807) is 18.3 Å². The van der Waals surface area contributed by atoms with Crippen LogP contribution in [0.5, 0.6) is 0 Å². The van der Waals surface area contributed by atoms with Crippen molar-refractivity contribution in [3.05, 3.63) is 36.0 Å². The van der Waals surface area contributed by atoms with E-state index < -0.39 is 0 Å². The molecule has 7 heteroatoms.